The van der Waals surface area contributed by atoms with Gasteiger partial charge in [-0.15, -0.1) is 0 Å². The van der Waals surface area contributed by atoms with Crippen LogP contribution in [0.2, 0.25) is 0 Å². The Balaban J connectivity index is 1.79. The maximum absolute atomic E-state index is 14.0. The third-order valence-electron chi connectivity index (χ3n) is 8.59. The number of Topliss-reactive ketones (excluding diaryl/α,β-unsaturated/α-hetero) is 1. The topological polar surface area (TPSA) is 129 Å². The molecule has 0 radical (unpaired) electrons. The van der Waals surface area contributed by atoms with Crippen LogP contribution in [0.15, 0.2) is 60.7 Å². The molecule has 10 nitrogen and oxygen atoms in total. The van der Waals surface area contributed by atoms with Crippen molar-refractivity contribution in [2.75, 3.05) is 33.9 Å². The van der Waals surface area contributed by atoms with Crippen molar-refractivity contribution in [1.82, 2.24) is 20.9 Å². The van der Waals surface area contributed by atoms with Gasteiger partial charge in [0.25, 0.3) is 0 Å². The molecule has 1 aliphatic rings. The van der Waals surface area contributed by atoms with Gasteiger partial charge in [-0.2, -0.15) is 0 Å². The quantitative estimate of drug-likeness (QED) is 0.126. The summed E-state index contributed by atoms with van der Waals surface area (Å²) in [5.41, 5.74) is 1.05. The Morgan fingerprint density at radius 3 is 1.84 bits per heavy atom. The van der Waals surface area contributed by atoms with Crippen LogP contribution in [0.25, 0.3) is 0 Å². The summed E-state index contributed by atoms with van der Waals surface area (Å²) in [7, 11) is 3.98. The molecule has 2 aromatic carbocycles. The molecule has 1 fully saturated rings. The molecule has 0 aromatic heterocycles. The van der Waals surface area contributed by atoms with Gasteiger partial charge in [0.2, 0.25) is 17.7 Å². The number of carbonyl (C=O) groups excluding carboxylic acids is 4. The molecule has 3 N–H and O–H groups in total. The molecule has 1 unspecified atom stereocenters. The first-order valence-electron chi connectivity index (χ1n) is 17.7. The number of nitrogens with zero attached hydrogens (tertiary/aromatic N) is 1. The molecular weight excluding hydrogens is 620 g/mol. The van der Waals surface area contributed by atoms with Crippen molar-refractivity contribution in [1.29, 1.82) is 0 Å². The Morgan fingerprint density at radius 1 is 0.776 bits per heavy atom. The number of aryl methyl sites for hydroxylation is 1. The van der Waals surface area contributed by atoms with Crippen LogP contribution in [0.1, 0.15) is 71.4 Å². The van der Waals surface area contributed by atoms with Gasteiger partial charge >= 0.3 is 0 Å². The number of epoxide rings is 1. The smallest absolute Gasteiger partial charge is 0.249 e. The number of ketones is 1. The first-order valence-corrected chi connectivity index (χ1v) is 17.7. The molecule has 1 heterocycles. The van der Waals surface area contributed by atoms with E-state index in [1.54, 1.807) is 6.92 Å². The van der Waals surface area contributed by atoms with E-state index in [-0.39, 0.29) is 29.9 Å². The fourth-order valence-corrected chi connectivity index (χ4v) is 5.73. The van der Waals surface area contributed by atoms with Gasteiger partial charge in [-0.05, 0) is 82.6 Å². The third-order valence-corrected chi connectivity index (χ3v) is 8.59. The number of benzene rings is 2. The number of nitrogens with one attached hydrogen (secondary N) is 3. The SMILES string of the molecule is CC(C)C[C@H](NC(=O)C(CCc1ccccc1)OCCCN(C)C)C(=O)N[C@@H](Cc1ccccc1)C(=O)N[C@@H](CC(C)C)C(=O)[C@@]1(C)CO1. The van der Waals surface area contributed by atoms with Crippen LogP contribution in [-0.4, -0.2) is 92.1 Å². The fourth-order valence-electron chi connectivity index (χ4n) is 5.73. The summed E-state index contributed by atoms with van der Waals surface area (Å²) in [5, 5.41) is 8.84. The van der Waals surface area contributed by atoms with Gasteiger partial charge in [0.15, 0.2) is 5.78 Å². The minimum absolute atomic E-state index is 0.0774. The number of amides is 3. The van der Waals surface area contributed by atoms with Gasteiger partial charge in [0.05, 0.1) is 12.6 Å². The number of rotatable bonds is 22. The molecule has 0 aliphatic carbocycles. The Hall–Kier alpha value is -3.60. The normalized spacial score (nSPS) is 18.1. The van der Waals surface area contributed by atoms with Gasteiger partial charge < -0.3 is 30.3 Å². The van der Waals surface area contributed by atoms with Crippen molar-refractivity contribution < 1.29 is 28.7 Å². The van der Waals surface area contributed by atoms with E-state index in [1.165, 1.54) is 0 Å². The van der Waals surface area contributed by atoms with E-state index in [0.29, 0.717) is 38.9 Å². The molecule has 49 heavy (non-hydrogen) atoms. The van der Waals surface area contributed by atoms with Crippen molar-refractivity contribution in [3.8, 4) is 0 Å². The number of ether oxygens (including phenoxy) is 2. The maximum Gasteiger partial charge on any atom is 0.249 e. The molecule has 10 heteroatoms. The summed E-state index contributed by atoms with van der Waals surface area (Å²) in [6.07, 6.45) is 2.15. The second kappa shape index (κ2) is 19.6. The van der Waals surface area contributed by atoms with E-state index in [0.717, 1.165) is 24.1 Å². The highest BCUT2D eigenvalue weighted by atomic mass is 16.6. The molecule has 3 amide bonds. The van der Waals surface area contributed by atoms with Crippen molar-refractivity contribution >= 4 is 23.5 Å². The van der Waals surface area contributed by atoms with Crippen LogP contribution in [0.3, 0.4) is 0 Å². The van der Waals surface area contributed by atoms with Gasteiger partial charge in [0.1, 0.15) is 23.8 Å². The zero-order valence-electron chi connectivity index (χ0n) is 30.5. The first kappa shape index (κ1) is 39.8. The van der Waals surface area contributed by atoms with Crippen LogP contribution in [0.4, 0.5) is 0 Å². The average molecular weight is 679 g/mol. The zero-order chi connectivity index (χ0) is 36.0. The summed E-state index contributed by atoms with van der Waals surface area (Å²) < 4.78 is 11.5. The molecular formula is C39H58N4O6. The van der Waals surface area contributed by atoms with Crippen molar-refractivity contribution in [3.05, 3.63) is 71.8 Å². The van der Waals surface area contributed by atoms with Crippen LogP contribution in [0.5, 0.6) is 0 Å². The highest BCUT2D eigenvalue weighted by Gasteiger charge is 2.50. The van der Waals surface area contributed by atoms with Gasteiger partial charge in [-0.1, -0.05) is 88.4 Å². The zero-order valence-corrected chi connectivity index (χ0v) is 30.5. The minimum atomic E-state index is -0.979. The van der Waals surface area contributed by atoms with E-state index >= 15 is 0 Å². The van der Waals surface area contributed by atoms with Crippen molar-refractivity contribution in [2.24, 2.45) is 11.8 Å². The highest BCUT2D eigenvalue weighted by molar-refractivity contribution is 5.98. The molecule has 0 saturated carbocycles. The molecule has 0 spiro atoms. The molecule has 3 rings (SSSR count). The lowest BCUT2D eigenvalue weighted by Crippen LogP contribution is -2.58. The van der Waals surface area contributed by atoms with E-state index < -0.39 is 41.6 Å². The fraction of sp³-hybridized carbons (Fsp3) is 0.590. The Labute approximate surface area is 293 Å². The largest absolute Gasteiger partial charge is 0.368 e. The molecule has 1 saturated heterocycles. The first-order chi connectivity index (χ1) is 23.3. The monoisotopic (exact) mass is 678 g/mol. The van der Waals surface area contributed by atoms with Crippen LogP contribution in [-0.2, 0) is 41.5 Å². The molecule has 1 aliphatic heterocycles. The lowest BCUT2D eigenvalue weighted by atomic mass is 9.93. The van der Waals surface area contributed by atoms with Crippen LogP contribution in [0, 0.1) is 11.8 Å². The van der Waals surface area contributed by atoms with Gasteiger partial charge in [-0.25, -0.2) is 0 Å². The summed E-state index contributed by atoms with van der Waals surface area (Å²) in [6, 6.07) is 16.7. The van der Waals surface area contributed by atoms with E-state index in [4.69, 9.17) is 9.47 Å². The Bertz CT molecular complexity index is 1330. The highest BCUT2D eigenvalue weighted by Crippen LogP contribution is 2.29. The Morgan fingerprint density at radius 2 is 1.29 bits per heavy atom. The number of carbonyl (C=O) groups is 4. The summed E-state index contributed by atoms with van der Waals surface area (Å²) in [5.74, 6) is -1.22. The summed E-state index contributed by atoms with van der Waals surface area (Å²) in [6.45, 7) is 11.2. The van der Waals surface area contributed by atoms with E-state index in [1.807, 2.05) is 102 Å². The molecule has 0 bridgehead atoms. The van der Waals surface area contributed by atoms with Crippen LogP contribution >= 0.6 is 0 Å². The third kappa shape index (κ3) is 14.0. The average Bonchev–Trinajstić information content (AvgIpc) is 3.81. The lowest BCUT2D eigenvalue weighted by molar-refractivity contribution is -0.138. The van der Waals surface area contributed by atoms with Gasteiger partial charge in [-0.3, -0.25) is 19.2 Å². The second-order valence-electron chi connectivity index (χ2n) is 14.6. The molecule has 270 valence electrons. The van der Waals surface area contributed by atoms with E-state index in [9.17, 15) is 19.2 Å². The Kier molecular flexibility index (Phi) is 15.9. The number of hydrogen-bond acceptors (Lipinski definition) is 7. The van der Waals surface area contributed by atoms with Crippen molar-refractivity contribution in [2.45, 2.75) is 103 Å². The summed E-state index contributed by atoms with van der Waals surface area (Å²) >= 11 is 0. The van der Waals surface area contributed by atoms with Crippen LogP contribution < -0.4 is 16.0 Å². The second-order valence-corrected chi connectivity index (χ2v) is 14.6. The molecule has 5 atom stereocenters. The van der Waals surface area contributed by atoms with Crippen molar-refractivity contribution in [3.63, 3.8) is 0 Å². The van der Waals surface area contributed by atoms with E-state index in [2.05, 4.69) is 20.9 Å². The lowest BCUT2D eigenvalue weighted by Gasteiger charge is -2.28. The maximum atomic E-state index is 14.0. The predicted molar refractivity (Wildman–Crippen MR) is 192 cm³/mol. The summed E-state index contributed by atoms with van der Waals surface area (Å²) in [4.78, 5) is 57.0. The number of hydrogen-bond donors (Lipinski definition) is 3. The predicted octanol–water partition coefficient (Wildman–Crippen LogP) is 4.10. The molecule has 2 aromatic rings. The van der Waals surface area contributed by atoms with Gasteiger partial charge in [0, 0.05) is 13.0 Å². The standard InChI is InChI=1S/C39H58N4O6/c1-27(2)23-31(35(44)39(5)26-49-39)40-37(46)33(25-30-17-12-9-13-18-30)41-36(45)32(24-28(3)4)42-38(47)34(48-22-14-21-43(6)7)20-19-29-15-10-8-11-16-29/h8-13,15-18,27-28,31-34H,14,19-26H2,1-7H3,(H,40,46)(H,41,45)(H,42,47)/t31-,32-,33-,34?,39+/m0/s1. The minimum Gasteiger partial charge on any atom is -0.368 e.